The van der Waals surface area contributed by atoms with E-state index >= 15 is 0 Å². The molecule has 0 bridgehead atoms. The van der Waals surface area contributed by atoms with Crippen LogP contribution in [0.3, 0.4) is 0 Å². The van der Waals surface area contributed by atoms with Gasteiger partial charge < -0.3 is 5.32 Å². The van der Waals surface area contributed by atoms with Crippen LogP contribution >= 0.6 is 33.9 Å². The highest BCUT2D eigenvalue weighted by Crippen LogP contribution is 2.17. The Hall–Kier alpha value is -0.920. The van der Waals surface area contributed by atoms with Gasteiger partial charge in [0, 0.05) is 15.8 Å². The summed E-state index contributed by atoms with van der Waals surface area (Å²) in [4.78, 5) is 14.0. The van der Waals surface area contributed by atoms with Gasteiger partial charge >= 0.3 is 0 Å². The second-order valence-electron chi connectivity index (χ2n) is 4.81. The number of hydrogen-bond acceptors (Lipinski definition) is 3. The van der Waals surface area contributed by atoms with Crippen molar-refractivity contribution < 1.29 is 4.79 Å². The van der Waals surface area contributed by atoms with E-state index in [0.717, 1.165) is 17.8 Å². The van der Waals surface area contributed by atoms with Crippen LogP contribution in [0.25, 0.3) is 0 Å². The molecule has 1 aromatic heterocycles. The summed E-state index contributed by atoms with van der Waals surface area (Å²) < 4.78 is 1.17. The van der Waals surface area contributed by atoms with E-state index < -0.39 is 0 Å². The zero-order valence-corrected chi connectivity index (χ0v) is 14.5. The number of aryl methyl sites for hydroxylation is 1. The van der Waals surface area contributed by atoms with Gasteiger partial charge in [0.15, 0.2) is 0 Å². The molecule has 1 heterocycles. The van der Waals surface area contributed by atoms with E-state index in [2.05, 4.69) is 50.8 Å². The molecule has 106 valence electrons. The molecule has 0 aliphatic rings. The molecule has 0 atom stereocenters. The molecule has 0 saturated carbocycles. The van der Waals surface area contributed by atoms with E-state index in [9.17, 15) is 4.79 Å². The minimum atomic E-state index is 0.0204. The highest BCUT2D eigenvalue weighted by molar-refractivity contribution is 14.1. The molecule has 5 heteroatoms. The van der Waals surface area contributed by atoms with Crippen molar-refractivity contribution in [2.75, 3.05) is 18.9 Å². The molecule has 3 nitrogen and oxygen atoms in total. The van der Waals surface area contributed by atoms with Gasteiger partial charge in [-0.05, 0) is 82.7 Å². The second-order valence-corrected chi connectivity index (χ2v) is 6.84. The van der Waals surface area contributed by atoms with Crippen LogP contribution in [0.15, 0.2) is 35.0 Å². The zero-order valence-electron chi connectivity index (χ0n) is 11.5. The van der Waals surface area contributed by atoms with Crippen LogP contribution in [0.2, 0.25) is 0 Å². The van der Waals surface area contributed by atoms with E-state index in [1.807, 2.05) is 31.0 Å². The fourth-order valence-electron chi connectivity index (χ4n) is 1.95. The standard InChI is InChI=1S/C15H17IN2OS/c1-11-7-13(16)3-4-14(11)17-15(19)9-18(2)8-12-5-6-20-10-12/h3-7,10H,8-9H2,1-2H3,(H,17,19). The Morgan fingerprint density at radius 1 is 1.40 bits per heavy atom. The molecule has 0 saturated heterocycles. The first kappa shape index (κ1) is 15.5. The molecule has 0 spiro atoms. The Labute approximate surface area is 137 Å². The van der Waals surface area contributed by atoms with Crippen LogP contribution < -0.4 is 5.32 Å². The predicted molar refractivity (Wildman–Crippen MR) is 93.2 cm³/mol. The van der Waals surface area contributed by atoms with Crippen molar-refractivity contribution in [2.24, 2.45) is 0 Å². The number of anilines is 1. The Kier molecular flexibility index (Phi) is 5.56. The summed E-state index contributed by atoms with van der Waals surface area (Å²) in [7, 11) is 1.96. The van der Waals surface area contributed by atoms with E-state index in [1.54, 1.807) is 11.3 Å². The highest BCUT2D eigenvalue weighted by atomic mass is 127. The van der Waals surface area contributed by atoms with Gasteiger partial charge in [-0.2, -0.15) is 11.3 Å². The average molecular weight is 400 g/mol. The van der Waals surface area contributed by atoms with Gasteiger partial charge in [0.2, 0.25) is 5.91 Å². The van der Waals surface area contributed by atoms with Gasteiger partial charge in [-0.25, -0.2) is 0 Å². The summed E-state index contributed by atoms with van der Waals surface area (Å²) in [5, 5.41) is 7.13. The van der Waals surface area contributed by atoms with Crippen molar-refractivity contribution in [3.8, 4) is 0 Å². The number of benzene rings is 1. The molecule has 1 N–H and O–H groups in total. The SMILES string of the molecule is Cc1cc(I)ccc1NC(=O)CN(C)Cc1ccsc1. The lowest BCUT2D eigenvalue weighted by molar-refractivity contribution is -0.117. The maximum absolute atomic E-state index is 12.0. The zero-order chi connectivity index (χ0) is 14.5. The number of amides is 1. The molecule has 0 radical (unpaired) electrons. The Morgan fingerprint density at radius 2 is 2.20 bits per heavy atom. The largest absolute Gasteiger partial charge is 0.325 e. The molecule has 1 aromatic carbocycles. The minimum absolute atomic E-state index is 0.0204. The normalized spacial score (nSPS) is 10.8. The lowest BCUT2D eigenvalue weighted by Crippen LogP contribution is -2.29. The van der Waals surface area contributed by atoms with E-state index in [1.165, 1.54) is 9.13 Å². The van der Waals surface area contributed by atoms with Crippen molar-refractivity contribution in [3.63, 3.8) is 0 Å². The molecule has 0 fully saturated rings. The summed E-state index contributed by atoms with van der Waals surface area (Å²) in [6.07, 6.45) is 0. The molecule has 0 unspecified atom stereocenters. The fraction of sp³-hybridized carbons (Fsp3) is 0.267. The molecule has 0 aliphatic carbocycles. The summed E-state index contributed by atoms with van der Waals surface area (Å²) in [6, 6.07) is 8.10. The van der Waals surface area contributed by atoms with E-state index in [0.29, 0.717) is 6.54 Å². The number of nitrogens with zero attached hydrogens (tertiary/aromatic N) is 1. The number of hydrogen-bond donors (Lipinski definition) is 1. The fourth-order valence-corrected chi connectivity index (χ4v) is 3.26. The number of halogens is 1. The van der Waals surface area contributed by atoms with E-state index in [4.69, 9.17) is 0 Å². The third-order valence-corrected chi connectivity index (χ3v) is 4.31. The molecular formula is C15H17IN2OS. The van der Waals surface area contributed by atoms with Crippen LogP contribution in [0, 0.1) is 10.5 Å². The first-order valence-corrected chi connectivity index (χ1v) is 8.32. The van der Waals surface area contributed by atoms with Gasteiger partial charge in [0.25, 0.3) is 0 Å². The van der Waals surface area contributed by atoms with Crippen molar-refractivity contribution in [2.45, 2.75) is 13.5 Å². The molecule has 0 aliphatic heterocycles. The van der Waals surface area contributed by atoms with Crippen LogP contribution in [0.4, 0.5) is 5.69 Å². The highest BCUT2D eigenvalue weighted by Gasteiger charge is 2.09. The lowest BCUT2D eigenvalue weighted by Gasteiger charge is -2.16. The van der Waals surface area contributed by atoms with Gasteiger partial charge in [0.1, 0.15) is 0 Å². The predicted octanol–water partition coefficient (Wildman–Crippen LogP) is 3.73. The maximum Gasteiger partial charge on any atom is 0.238 e. The van der Waals surface area contributed by atoms with Crippen molar-refractivity contribution in [1.29, 1.82) is 0 Å². The monoisotopic (exact) mass is 400 g/mol. The van der Waals surface area contributed by atoms with Gasteiger partial charge in [0.05, 0.1) is 6.54 Å². The third-order valence-electron chi connectivity index (χ3n) is 2.91. The maximum atomic E-state index is 12.0. The second kappa shape index (κ2) is 7.19. The summed E-state index contributed by atoms with van der Waals surface area (Å²) in [5.74, 6) is 0.0204. The Morgan fingerprint density at radius 3 is 2.85 bits per heavy atom. The molecular weight excluding hydrogens is 383 g/mol. The smallest absolute Gasteiger partial charge is 0.238 e. The quantitative estimate of drug-likeness (QED) is 0.776. The Balaban J connectivity index is 1.88. The molecule has 1 amide bonds. The van der Waals surface area contributed by atoms with Crippen molar-refractivity contribution in [3.05, 3.63) is 49.7 Å². The van der Waals surface area contributed by atoms with Gasteiger partial charge in [-0.15, -0.1) is 0 Å². The third kappa shape index (κ3) is 4.57. The molecule has 2 aromatic rings. The minimum Gasteiger partial charge on any atom is -0.325 e. The number of carbonyl (C=O) groups excluding carboxylic acids is 1. The number of carbonyl (C=O) groups is 1. The molecule has 20 heavy (non-hydrogen) atoms. The topological polar surface area (TPSA) is 32.3 Å². The first-order chi connectivity index (χ1) is 9.54. The van der Waals surface area contributed by atoms with Crippen LogP contribution in [0.1, 0.15) is 11.1 Å². The van der Waals surface area contributed by atoms with E-state index in [-0.39, 0.29) is 5.91 Å². The van der Waals surface area contributed by atoms with Gasteiger partial charge in [-0.3, -0.25) is 9.69 Å². The van der Waals surface area contributed by atoms with Crippen molar-refractivity contribution >= 4 is 45.5 Å². The van der Waals surface area contributed by atoms with Crippen LogP contribution in [-0.4, -0.2) is 24.4 Å². The summed E-state index contributed by atoms with van der Waals surface area (Å²) in [5.41, 5.74) is 3.22. The number of rotatable bonds is 5. The van der Waals surface area contributed by atoms with Crippen LogP contribution in [-0.2, 0) is 11.3 Å². The Bertz CT molecular complexity index is 584. The molecule has 2 rings (SSSR count). The van der Waals surface area contributed by atoms with Crippen molar-refractivity contribution in [1.82, 2.24) is 4.90 Å². The number of nitrogens with one attached hydrogen (secondary N) is 1. The summed E-state index contributed by atoms with van der Waals surface area (Å²) >= 11 is 3.95. The summed E-state index contributed by atoms with van der Waals surface area (Å²) in [6.45, 7) is 3.19. The number of thiophene rings is 1. The number of likely N-dealkylation sites (N-methyl/N-ethyl adjacent to an activating group) is 1. The lowest BCUT2D eigenvalue weighted by atomic mass is 10.2. The van der Waals surface area contributed by atoms with Gasteiger partial charge in [-0.1, -0.05) is 0 Å². The first-order valence-electron chi connectivity index (χ1n) is 6.30. The average Bonchev–Trinajstić information content (AvgIpc) is 2.85. The van der Waals surface area contributed by atoms with Crippen LogP contribution in [0.5, 0.6) is 0 Å².